The van der Waals surface area contributed by atoms with E-state index in [4.69, 9.17) is 9.47 Å². The predicted octanol–water partition coefficient (Wildman–Crippen LogP) is 4.68. The van der Waals surface area contributed by atoms with Crippen LogP contribution in [0.15, 0.2) is 90.1 Å². The van der Waals surface area contributed by atoms with Crippen molar-refractivity contribution >= 4 is 35.1 Å². The number of rotatable bonds is 8. The Bertz CT molecular complexity index is 1430. The van der Waals surface area contributed by atoms with Crippen LogP contribution in [0.4, 0.5) is 17.1 Å². The molecule has 3 aromatic rings. The fourth-order valence-electron chi connectivity index (χ4n) is 3.40. The van der Waals surface area contributed by atoms with Crippen LogP contribution in [0.1, 0.15) is 16.7 Å². The minimum Gasteiger partial charge on any atom is -0.457 e. The fraction of sp³-hybridized carbons (Fsp3) is 0.0769. The number of nitrogens with zero attached hydrogens (tertiary/aromatic N) is 2. The van der Waals surface area contributed by atoms with Crippen LogP contribution >= 0.6 is 0 Å². The molecule has 0 saturated heterocycles. The van der Waals surface area contributed by atoms with Crippen molar-refractivity contribution in [3.05, 3.63) is 127 Å². The molecule has 11 heteroatoms. The Morgan fingerprint density at radius 2 is 1.22 bits per heavy atom. The average Bonchev–Trinajstić information content (AvgIpc) is 3.11. The SMILES string of the molecule is O=C(OCc1ccc([N+](=O)[O-])cc1)C1=Cc2ccccc2NC(C(=O)OCc2ccc([N+](=O)[O-])cc2)=C1. The number of hydrogen-bond donors (Lipinski definition) is 1. The van der Waals surface area contributed by atoms with Crippen molar-refractivity contribution in [3.63, 3.8) is 0 Å². The van der Waals surface area contributed by atoms with Crippen LogP contribution in [0.2, 0.25) is 0 Å². The summed E-state index contributed by atoms with van der Waals surface area (Å²) in [5.74, 6) is -1.46. The van der Waals surface area contributed by atoms with Gasteiger partial charge in [-0.25, -0.2) is 9.59 Å². The van der Waals surface area contributed by atoms with E-state index in [-0.39, 0.29) is 35.9 Å². The number of nitro groups is 2. The molecule has 0 radical (unpaired) electrons. The third kappa shape index (κ3) is 6.22. The predicted molar refractivity (Wildman–Crippen MR) is 132 cm³/mol. The summed E-state index contributed by atoms with van der Waals surface area (Å²) in [6.45, 7) is -0.266. The highest BCUT2D eigenvalue weighted by atomic mass is 16.6. The smallest absolute Gasteiger partial charge is 0.355 e. The van der Waals surface area contributed by atoms with Gasteiger partial charge in [0.25, 0.3) is 11.4 Å². The largest absolute Gasteiger partial charge is 0.457 e. The van der Waals surface area contributed by atoms with Crippen LogP contribution < -0.4 is 5.32 Å². The fourth-order valence-corrected chi connectivity index (χ4v) is 3.40. The van der Waals surface area contributed by atoms with Crippen LogP contribution in [-0.2, 0) is 32.3 Å². The van der Waals surface area contributed by atoms with Gasteiger partial charge in [-0.05, 0) is 59.2 Å². The van der Waals surface area contributed by atoms with E-state index >= 15 is 0 Å². The quantitative estimate of drug-likeness (QED) is 0.263. The molecule has 1 aliphatic rings. The number of carbonyl (C=O) groups excluding carboxylic acids is 2. The summed E-state index contributed by atoms with van der Waals surface area (Å²) in [5, 5.41) is 24.6. The molecule has 0 aliphatic carbocycles. The van der Waals surface area contributed by atoms with Gasteiger partial charge in [-0.3, -0.25) is 20.2 Å². The number of hydrogen-bond acceptors (Lipinski definition) is 9. The van der Waals surface area contributed by atoms with Crippen molar-refractivity contribution in [2.24, 2.45) is 0 Å². The Kier molecular flexibility index (Phi) is 7.34. The molecule has 0 bridgehead atoms. The van der Waals surface area contributed by atoms with Crippen molar-refractivity contribution in [1.82, 2.24) is 0 Å². The Hall–Kier alpha value is -5.32. The van der Waals surface area contributed by atoms with Gasteiger partial charge in [0.15, 0.2) is 0 Å². The second kappa shape index (κ2) is 11.0. The molecule has 0 aromatic heterocycles. The Balaban J connectivity index is 1.48. The van der Waals surface area contributed by atoms with Crippen LogP contribution in [0.25, 0.3) is 6.08 Å². The lowest BCUT2D eigenvalue weighted by atomic mass is 10.1. The molecule has 1 aliphatic heterocycles. The number of non-ortho nitro benzene ring substituents is 2. The van der Waals surface area contributed by atoms with Crippen molar-refractivity contribution < 1.29 is 28.9 Å². The molecule has 186 valence electrons. The lowest BCUT2D eigenvalue weighted by Gasteiger charge is -2.11. The second-order valence-corrected chi connectivity index (χ2v) is 7.87. The third-order valence-corrected chi connectivity index (χ3v) is 5.33. The number of benzene rings is 3. The van der Waals surface area contributed by atoms with Gasteiger partial charge in [-0.15, -0.1) is 0 Å². The van der Waals surface area contributed by atoms with Gasteiger partial charge in [-0.2, -0.15) is 0 Å². The number of para-hydroxylation sites is 1. The maximum absolute atomic E-state index is 12.9. The van der Waals surface area contributed by atoms with E-state index in [0.717, 1.165) is 0 Å². The highest BCUT2D eigenvalue weighted by molar-refractivity contribution is 6.03. The highest BCUT2D eigenvalue weighted by Crippen LogP contribution is 2.26. The first-order valence-corrected chi connectivity index (χ1v) is 10.9. The summed E-state index contributed by atoms with van der Waals surface area (Å²) in [7, 11) is 0. The van der Waals surface area contributed by atoms with Crippen molar-refractivity contribution in [3.8, 4) is 0 Å². The standard InChI is InChI=1S/C26H19N3O8/c30-25(36-15-17-5-9-21(10-6-17)28(32)33)20-13-19-3-1-2-4-23(19)27-24(14-20)26(31)37-16-18-7-11-22(12-8-18)29(34)35/h1-14,27H,15-16H2. The van der Waals surface area contributed by atoms with Gasteiger partial charge in [0.2, 0.25) is 0 Å². The minimum absolute atomic E-state index is 0.00889. The molecule has 1 heterocycles. The molecule has 3 aromatic carbocycles. The maximum atomic E-state index is 12.9. The Labute approximate surface area is 209 Å². The molecular weight excluding hydrogens is 482 g/mol. The van der Waals surface area contributed by atoms with Crippen LogP contribution in [0.5, 0.6) is 0 Å². The lowest BCUT2D eigenvalue weighted by Crippen LogP contribution is -2.16. The molecular formula is C26H19N3O8. The number of nitro benzene ring substituents is 2. The zero-order valence-electron chi connectivity index (χ0n) is 19.2. The van der Waals surface area contributed by atoms with Crippen molar-refractivity contribution in [2.45, 2.75) is 13.2 Å². The maximum Gasteiger partial charge on any atom is 0.355 e. The van der Waals surface area contributed by atoms with Crippen LogP contribution in [-0.4, -0.2) is 21.8 Å². The third-order valence-electron chi connectivity index (χ3n) is 5.33. The summed E-state index contributed by atoms with van der Waals surface area (Å²) in [6, 6.07) is 18.2. The van der Waals surface area contributed by atoms with E-state index in [1.807, 2.05) is 0 Å². The number of fused-ring (bicyclic) bond motifs is 1. The minimum atomic E-state index is -0.746. The number of ether oxygens (including phenoxy) is 2. The monoisotopic (exact) mass is 501 g/mol. The highest BCUT2D eigenvalue weighted by Gasteiger charge is 2.21. The van der Waals surface area contributed by atoms with E-state index in [1.54, 1.807) is 30.3 Å². The van der Waals surface area contributed by atoms with Gasteiger partial charge in [0.05, 0.1) is 15.4 Å². The molecule has 37 heavy (non-hydrogen) atoms. The number of carbonyl (C=O) groups is 2. The summed E-state index contributed by atoms with van der Waals surface area (Å²) >= 11 is 0. The molecule has 0 amide bonds. The molecule has 0 atom stereocenters. The zero-order chi connectivity index (χ0) is 26.4. The van der Waals surface area contributed by atoms with E-state index in [2.05, 4.69) is 5.32 Å². The number of nitrogens with one attached hydrogen (secondary N) is 1. The van der Waals surface area contributed by atoms with Crippen LogP contribution in [0.3, 0.4) is 0 Å². The average molecular weight is 501 g/mol. The van der Waals surface area contributed by atoms with Crippen molar-refractivity contribution in [1.29, 1.82) is 0 Å². The van der Waals surface area contributed by atoms with E-state index in [0.29, 0.717) is 22.4 Å². The Morgan fingerprint density at radius 1 is 0.703 bits per heavy atom. The molecule has 0 saturated carbocycles. The van der Waals surface area contributed by atoms with Crippen molar-refractivity contribution in [2.75, 3.05) is 5.32 Å². The molecule has 11 nitrogen and oxygen atoms in total. The molecule has 1 N–H and O–H groups in total. The van der Waals surface area contributed by atoms with Gasteiger partial charge in [0.1, 0.15) is 18.9 Å². The normalized spacial score (nSPS) is 12.1. The van der Waals surface area contributed by atoms with E-state index in [9.17, 15) is 29.8 Å². The summed E-state index contributed by atoms with van der Waals surface area (Å²) in [6.07, 6.45) is 2.88. The summed E-state index contributed by atoms with van der Waals surface area (Å²) < 4.78 is 10.7. The van der Waals surface area contributed by atoms with Gasteiger partial charge in [-0.1, -0.05) is 18.2 Å². The second-order valence-electron chi connectivity index (χ2n) is 7.87. The number of esters is 2. The molecule has 0 fully saturated rings. The molecule has 0 spiro atoms. The van der Waals surface area contributed by atoms with Gasteiger partial charge >= 0.3 is 11.9 Å². The van der Waals surface area contributed by atoms with E-state index in [1.165, 1.54) is 54.6 Å². The van der Waals surface area contributed by atoms with Gasteiger partial charge < -0.3 is 14.8 Å². The summed E-state index contributed by atoms with van der Waals surface area (Å²) in [4.78, 5) is 46.3. The van der Waals surface area contributed by atoms with E-state index < -0.39 is 21.8 Å². The zero-order valence-corrected chi connectivity index (χ0v) is 19.2. The summed E-state index contributed by atoms with van der Waals surface area (Å²) in [5.41, 5.74) is 2.22. The first kappa shape index (κ1) is 24.8. The first-order valence-electron chi connectivity index (χ1n) is 10.9. The van der Waals surface area contributed by atoms with Gasteiger partial charge in [0, 0.05) is 30.0 Å². The molecule has 0 unspecified atom stereocenters. The lowest BCUT2D eigenvalue weighted by molar-refractivity contribution is -0.385. The van der Waals surface area contributed by atoms with Crippen LogP contribution in [0, 0.1) is 20.2 Å². The molecule has 4 rings (SSSR count). The Morgan fingerprint density at radius 3 is 1.76 bits per heavy atom. The number of anilines is 1. The topological polar surface area (TPSA) is 151 Å². The first-order chi connectivity index (χ1) is 17.8.